The van der Waals surface area contributed by atoms with Gasteiger partial charge in [-0.25, -0.2) is 4.39 Å². The molecule has 2 nitrogen and oxygen atoms in total. The molecule has 2 aromatic carbocycles. The quantitative estimate of drug-likeness (QED) is 0.861. The van der Waals surface area contributed by atoms with Gasteiger partial charge in [-0.1, -0.05) is 24.3 Å². The van der Waals surface area contributed by atoms with Crippen LogP contribution < -0.4 is 10.1 Å². The molecule has 0 aliphatic carbocycles. The maximum absolute atomic E-state index is 13.0. The van der Waals surface area contributed by atoms with Gasteiger partial charge in [0.2, 0.25) is 0 Å². The SMILES string of the molecule is CC(C)Oc1ccc(CNCc2cccc(F)c2)cc1. The topological polar surface area (TPSA) is 21.3 Å². The van der Waals surface area contributed by atoms with Crippen molar-refractivity contribution in [1.29, 1.82) is 0 Å². The standard InChI is InChI=1S/C17H20FNO/c1-13(2)20-17-8-6-14(7-9-17)11-19-12-15-4-3-5-16(18)10-15/h3-10,13,19H,11-12H2,1-2H3. The number of hydrogen-bond acceptors (Lipinski definition) is 2. The fourth-order valence-electron chi connectivity index (χ4n) is 1.96. The van der Waals surface area contributed by atoms with Crippen LogP contribution in [0, 0.1) is 5.82 Å². The van der Waals surface area contributed by atoms with Crippen molar-refractivity contribution < 1.29 is 9.13 Å². The Morgan fingerprint density at radius 1 is 1.00 bits per heavy atom. The highest BCUT2D eigenvalue weighted by Gasteiger charge is 1.99. The van der Waals surface area contributed by atoms with Crippen LogP contribution in [0.4, 0.5) is 4.39 Å². The average molecular weight is 273 g/mol. The molecular formula is C17H20FNO. The first-order chi connectivity index (χ1) is 9.63. The zero-order valence-electron chi connectivity index (χ0n) is 11.9. The minimum atomic E-state index is -0.195. The first-order valence-electron chi connectivity index (χ1n) is 6.84. The minimum absolute atomic E-state index is 0.187. The summed E-state index contributed by atoms with van der Waals surface area (Å²) in [6.07, 6.45) is 0.187. The number of halogens is 1. The van der Waals surface area contributed by atoms with Crippen molar-refractivity contribution in [3.05, 3.63) is 65.5 Å². The normalized spacial score (nSPS) is 10.8. The maximum Gasteiger partial charge on any atom is 0.123 e. The van der Waals surface area contributed by atoms with Crippen LogP contribution in [-0.4, -0.2) is 6.10 Å². The molecule has 20 heavy (non-hydrogen) atoms. The molecule has 106 valence electrons. The predicted molar refractivity (Wildman–Crippen MR) is 79.1 cm³/mol. The first kappa shape index (κ1) is 14.5. The molecule has 0 spiro atoms. The minimum Gasteiger partial charge on any atom is -0.491 e. The lowest BCUT2D eigenvalue weighted by Crippen LogP contribution is -2.12. The molecule has 0 aliphatic heterocycles. The lowest BCUT2D eigenvalue weighted by Gasteiger charge is -2.10. The average Bonchev–Trinajstić information content (AvgIpc) is 2.40. The van der Waals surface area contributed by atoms with E-state index < -0.39 is 0 Å². The summed E-state index contributed by atoms with van der Waals surface area (Å²) in [7, 11) is 0. The molecule has 0 fully saturated rings. The predicted octanol–water partition coefficient (Wildman–Crippen LogP) is 3.90. The number of hydrogen-bond donors (Lipinski definition) is 1. The molecule has 0 heterocycles. The van der Waals surface area contributed by atoms with Crippen LogP contribution in [-0.2, 0) is 13.1 Å². The van der Waals surface area contributed by atoms with Crippen LogP contribution in [0.1, 0.15) is 25.0 Å². The summed E-state index contributed by atoms with van der Waals surface area (Å²) in [6, 6.07) is 14.7. The monoisotopic (exact) mass is 273 g/mol. The highest BCUT2D eigenvalue weighted by molar-refractivity contribution is 5.27. The van der Waals surface area contributed by atoms with Gasteiger partial charge in [0.05, 0.1) is 6.10 Å². The second kappa shape index (κ2) is 7.06. The van der Waals surface area contributed by atoms with Crippen LogP contribution in [0.25, 0.3) is 0 Å². The summed E-state index contributed by atoms with van der Waals surface area (Å²) in [5.41, 5.74) is 2.13. The van der Waals surface area contributed by atoms with Crippen LogP contribution >= 0.6 is 0 Å². The van der Waals surface area contributed by atoms with Crippen molar-refractivity contribution in [2.45, 2.75) is 33.0 Å². The van der Waals surface area contributed by atoms with Gasteiger partial charge in [-0.3, -0.25) is 0 Å². The second-order valence-corrected chi connectivity index (χ2v) is 5.04. The van der Waals surface area contributed by atoms with Gasteiger partial charge in [-0.15, -0.1) is 0 Å². The van der Waals surface area contributed by atoms with Gasteiger partial charge in [-0.05, 0) is 49.2 Å². The summed E-state index contributed by atoms with van der Waals surface area (Å²) in [5, 5.41) is 3.30. The molecule has 0 bridgehead atoms. The van der Waals surface area contributed by atoms with Crippen LogP contribution in [0.5, 0.6) is 5.75 Å². The molecule has 0 radical (unpaired) electrons. The number of benzene rings is 2. The van der Waals surface area contributed by atoms with Crippen molar-refractivity contribution in [3.63, 3.8) is 0 Å². The number of nitrogens with one attached hydrogen (secondary N) is 1. The van der Waals surface area contributed by atoms with E-state index in [2.05, 4.69) is 5.32 Å². The summed E-state index contributed by atoms with van der Waals surface area (Å²) < 4.78 is 18.6. The summed E-state index contributed by atoms with van der Waals surface area (Å²) in [4.78, 5) is 0. The highest BCUT2D eigenvalue weighted by Crippen LogP contribution is 2.13. The number of rotatable bonds is 6. The van der Waals surface area contributed by atoms with E-state index in [1.165, 1.54) is 11.6 Å². The Balaban J connectivity index is 1.82. The Hall–Kier alpha value is -1.87. The summed E-state index contributed by atoms with van der Waals surface area (Å²) in [6.45, 7) is 5.42. The van der Waals surface area contributed by atoms with Crippen molar-refractivity contribution in [1.82, 2.24) is 5.32 Å². The van der Waals surface area contributed by atoms with Crippen molar-refractivity contribution >= 4 is 0 Å². The smallest absolute Gasteiger partial charge is 0.123 e. The lowest BCUT2D eigenvalue weighted by atomic mass is 10.2. The van der Waals surface area contributed by atoms with Gasteiger partial charge in [0.15, 0.2) is 0 Å². The molecule has 0 aliphatic rings. The van der Waals surface area contributed by atoms with Gasteiger partial charge >= 0.3 is 0 Å². The molecule has 0 atom stereocenters. The van der Waals surface area contributed by atoms with Gasteiger partial charge < -0.3 is 10.1 Å². The van der Waals surface area contributed by atoms with E-state index in [-0.39, 0.29) is 11.9 Å². The molecule has 2 aromatic rings. The van der Waals surface area contributed by atoms with E-state index in [1.54, 1.807) is 12.1 Å². The molecule has 0 aromatic heterocycles. The van der Waals surface area contributed by atoms with Crippen LogP contribution in [0.15, 0.2) is 48.5 Å². The third kappa shape index (κ3) is 4.67. The van der Waals surface area contributed by atoms with Crippen molar-refractivity contribution in [2.75, 3.05) is 0 Å². The van der Waals surface area contributed by atoms with Crippen LogP contribution in [0.2, 0.25) is 0 Å². The van der Waals surface area contributed by atoms with Gasteiger partial charge in [0.1, 0.15) is 11.6 Å². The Kier molecular flexibility index (Phi) is 5.13. The molecule has 2 rings (SSSR count). The summed E-state index contributed by atoms with van der Waals surface area (Å²) in [5.74, 6) is 0.688. The molecule has 0 saturated heterocycles. The van der Waals surface area contributed by atoms with E-state index in [9.17, 15) is 4.39 Å². The molecular weight excluding hydrogens is 253 g/mol. The molecule has 0 amide bonds. The van der Waals surface area contributed by atoms with Gasteiger partial charge in [0.25, 0.3) is 0 Å². The van der Waals surface area contributed by atoms with Gasteiger partial charge in [0, 0.05) is 13.1 Å². The molecule has 0 unspecified atom stereocenters. The molecule has 1 N–H and O–H groups in total. The highest BCUT2D eigenvalue weighted by atomic mass is 19.1. The molecule has 0 saturated carbocycles. The van der Waals surface area contributed by atoms with E-state index in [4.69, 9.17) is 4.74 Å². The third-order valence-corrected chi connectivity index (χ3v) is 2.84. The lowest BCUT2D eigenvalue weighted by molar-refractivity contribution is 0.242. The first-order valence-corrected chi connectivity index (χ1v) is 6.84. The van der Waals surface area contributed by atoms with Crippen molar-refractivity contribution in [3.8, 4) is 5.75 Å². The Labute approximate surface area is 119 Å². The number of ether oxygens (including phenoxy) is 1. The maximum atomic E-state index is 13.0. The fraction of sp³-hybridized carbons (Fsp3) is 0.294. The van der Waals surface area contributed by atoms with Crippen LogP contribution in [0.3, 0.4) is 0 Å². The van der Waals surface area contributed by atoms with E-state index >= 15 is 0 Å². The van der Waals surface area contributed by atoms with E-state index in [1.807, 2.05) is 44.2 Å². The molecule has 3 heteroatoms. The van der Waals surface area contributed by atoms with Crippen molar-refractivity contribution in [2.24, 2.45) is 0 Å². The zero-order chi connectivity index (χ0) is 14.4. The Bertz CT molecular complexity index is 537. The second-order valence-electron chi connectivity index (χ2n) is 5.04. The Morgan fingerprint density at radius 2 is 1.70 bits per heavy atom. The van der Waals surface area contributed by atoms with Gasteiger partial charge in [-0.2, -0.15) is 0 Å². The Morgan fingerprint density at radius 3 is 2.35 bits per heavy atom. The van der Waals surface area contributed by atoms with E-state index in [0.29, 0.717) is 6.54 Å². The third-order valence-electron chi connectivity index (χ3n) is 2.84. The zero-order valence-corrected chi connectivity index (χ0v) is 11.9. The largest absolute Gasteiger partial charge is 0.491 e. The van der Waals surface area contributed by atoms with E-state index in [0.717, 1.165) is 17.9 Å². The summed E-state index contributed by atoms with van der Waals surface area (Å²) >= 11 is 0. The fourth-order valence-corrected chi connectivity index (χ4v) is 1.96.